The average Bonchev–Trinajstić information content (AvgIpc) is 2.79. The number of amides is 1. The Hall–Kier alpha value is -2.10. The van der Waals surface area contributed by atoms with E-state index < -0.39 is 0 Å². The summed E-state index contributed by atoms with van der Waals surface area (Å²) in [7, 11) is 0. The third kappa shape index (κ3) is 2.32. The summed E-state index contributed by atoms with van der Waals surface area (Å²) in [4.78, 5) is 25.1. The maximum Gasteiger partial charge on any atom is 0.256 e. The minimum atomic E-state index is -0.263. The van der Waals surface area contributed by atoms with E-state index in [2.05, 4.69) is 29.8 Å². The zero-order valence-corrected chi connectivity index (χ0v) is 13.3. The highest BCUT2D eigenvalue weighted by Gasteiger charge is 2.24. The molecule has 0 saturated carbocycles. The molecular weight excluding hydrogens is 276 g/mol. The van der Waals surface area contributed by atoms with E-state index in [9.17, 15) is 9.59 Å². The van der Waals surface area contributed by atoms with Crippen molar-refractivity contribution in [1.82, 2.24) is 9.88 Å². The van der Waals surface area contributed by atoms with Crippen molar-refractivity contribution in [3.8, 4) is 0 Å². The molecule has 2 heterocycles. The van der Waals surface area contributed by atoms with Crippen LogP contribution in [0.2, 0.25) is 0 Å². The number of hydrogen-bond acceptors (Lipinski definition) is 2. The molecule has 0 spiro atoms. The van der Waals surface area contributed by atoms with Crippen molar-refractivity contribution in [2.75, 3.05) is 0 Å². The van der Waals surface area contributed by atoms with Crippen molar-refractivity contribution in [3.05, 3.63) is 45.7 Å². The summed E-state index contributed by atoms with van der Waals surface area (Å²) in [5, 5.41) is 3.58. The number of para-hydroxylation sites is 1. The van der Waals surface area contributed by atoms with Crippen molar-refractivity contribution in [1.29, 1.82) is 0 Å². The summed E-state index contributed by atoms with van der Waals surface area (Å²) in [5.41, 5.74) is 2.26. The standard InChI is InChI=1S/C18H22N2O2/c1-4-6-11(2)19-18(22)15-10-20-12(3)9-13-7-5-8-14(16(13)20)17(15)21/h5,7-8,10-12H,4,6,9H2,1-3H3,(H,19,22)/t11-,12+/m1/s1. The van der Waals surface area contributed by atoms with E-state index in [1.807, 2.05) is 19.1 Å². The number of carbonyl (C=O) groups is 1. The van der Waals surface area contributed by atoms with Crippen LogP contribution in [-0.4, -0.2) is 16.5 Å². The number of aromatic nitrogens is 1. The van der Waals surface area contributed by atoms with Crippen LogP contribution in [0.15, 0.2) is 29.2 Å². The van der Waals surface area contributed by atoms with Gasteiger partial charge in [0.05, 0.1) is 5.52 Å². The van der Waals surface area contributed by atoms with Crippen molar-refractivity contribution in [3.63, 3.8) is 0 Å². The topological polar surface area (TPSA) is 51.1 Å². The quantitative estimate of drug-likeness (QED) is 0.943. The molecule has 1 aromatic heterocycles. The van der Waals surface area contributed by atoms with Gasteiger partial charge in [-0.2, -0.15) is 0 Å². The molecule has 0 bridgehead atoms. The Kier molecular flexibility index (Phi) is 3.77. The van der Waals surface area contributed by atoms with Crippen LogP contribution in [0.3, 0.4) is 0 Å². The van der Waals surface area contributed by atoms with Crippen LogP contribution in [0.4, 0.5) is 0 Å². The van der Waals surface area contributed by atoms with E-state index in [0.717, 1.165) is 24.8 Å². The van der Waals surface area contributed by atoms with Gasteiger partial charge in [-0.1, -0.05) is 25.5 Å². The smallest absolute Gasteiger partial charge is 0.256 e. The second-order valence-corrected chi connectivity index (χ2v) is 6.31. The van der Waals surface area contributed by atoms with Crippen LogP contribution in [0, 0.1) is 0 Å². The highest BCUT2D eigenvalue weighted by Crippen LogP contribution is 2.30. The Morgan fingerprint density at radius 3 is 2.95 bits per heavy atom. The first-order chi connectivity index (χ1) is 10.5. The first-order valence-electron chi connectivity index (χ1n) is 8.00. The number of hydrogen-bond donors (Lipinski definition) is 1. The first-order valence-corrected chi connectivity index (χ1v) is 8.00. The second-order valence-electron chi connectivity index (χ2n) is 6.31. The Morgan fingerprint density at radius 2 is 2.23 bits per heavy atom. The molecule has 1 aromatic carbocycles. The number of rotatable bonds is 4. The van der Waals surface area contributed by atoms with E-state index in [0.29, 0.717) is 5.39 Å². The Labute approximate surface area is 130 Å². The molecule has 0 unspecified atom stereocenters. The molecule has 0 fully saturated rings. The molecule has 1 aliphatic rings. The normalized spacial score (nSPS) is 17.7. The van der Waals surface area contributed by atoms with Gasteiger partial charge >= 0.3 is 0 Å². The molecule has 1 N–H and O–H groups in total. The number of benzene rings is 1. The van der Waals surface area contributed by atoms with Gasteiger partial charge in [0, 0.05) is 23.7 Å². The van der Waals surface area contributed by atoms with Crippen LogP contribution in [0.25, 0.3) is 10.9 Å². The Bertz CT molecular complexity index is 792. The number of nitrogens with zero attached hydrogens (tertiary/aromatic N) is 1. The molecule has 2 atom stereocenters. The van der Waals surface area contributed by atoms with Gasteiger partial charge in [-0.25, -0.2) is 0 Å². The molecule has 2 aromatic rings. The monoisotopic (exact) mass is 298 g/mol. The van der Waals surface area contributed by atoms with Crippen LogP contribution >= 0.6 is 0 Å². The molecule has 0 aliphatic carbocycles. The molecule has 22 heavy (non-hydrogen) atoms. The van der Waals surface area contributed by atoms with Crippen molar-refractivity contribution in [2.24, 2.45) is 0 Å². The summed E-state index contributed by atoms with van der Waals surface area (Å²) in [6, 6.07) is 6.14. The SMILES string of the molecule is CCC[C@@H](C)NC(=O)c1cn2c3c(cccc3c1=O)C[C@@H]2C. The van der Waals surface area contributed by atoms with Crippen molar-refractivity contribution < 1.29 is 4.79 Å². The Morgan fingerprint density at radius 1 is 1.45 bits per heavy atom. The predicted molar refractivity (Wildman–Crippen MR) is 88.5 cm³/mol. The minimum absolute atomic E-state index is 0.0786. The summed E-state index contributed by atoms with van der Waals surface area (Å²) in [6.45, 7) is 6.17. The second kappa shape index (κ2) is 5.59. The molecule has 0 saturated heterocycles. The van der Waals surface area contributed by atoms with Crippen molar-refractivity contribution >= 4 is 16.8 Å². The van der Waals surface area contributed by atoms with Gasteiger partial charge in [-0.05, 0) is 38.3 Å². The largest absolute Gasteiger partial charge is 0.349 e. The molecule has 4 nitrogen and oxygen atoms in total. The lowest BCUT2D eigenvalue weighted by Crippen LogP contribution is -2.35. The number of nitrogens with one attached hydrogen (secondary N) is 1. The van der Waals surface area contributed by atoms with Gasteiger partial charge in [0.2, 0.25) is 5.43 Å². The summed E-state index contributed by atoms with van der Waals surface area (Å²) < 4.78 is 2.07. The fourth-order valence-corrected chi connectivity index (χ4v) is 3.38. The van der Waals surface area contributed by atoms with Gasteiger partial charge in [0.1, 0.15) is 5.56 Å². The van der Waals surface area contributed by atoms with Gasteiger partial charge in [-0.15, -0.1) is 0 Å². The lowest BCUT2D eigenvalue weighted by Gasteiger charge is -2.15. The molecule has 116 valence electrons. The van der Waals surface area contributed by atoms with E-state index in [1.54, 1.807) is 6.20 Å². The lowest BCUT2D eigenvalue weighted by molar-refractivity contribution is 0.0936. The molecule has 3 rings (SSSR count). The predicted octanol–water partition coefficient (Wildman–Crippen LogP) is 3.04. The van der Waals surface area contributed by atoms with Crippen molar-refractivity contribution in [2.45, 2.75) is 52.1 Å². The zero-order chi connectivity index (χ0) is 15.9. The molecule has 4 heteroatoms. The van der Waals surface area contributed by atoms with E-state index in [-0.39, 0.29) is 29.0 Å². The summed E-state index contributed by atoms with van der Waals surface area (Å²) >= 11 is 0. The van der Waals surface area contributed by atoms with Gasteiger partial charge in [-0.3, -0.25) is 9.59 Å². The van der Waals surface area contributed by atoms with Gasteiger partial charge in [0.25, 0.3) is 5.91 Å². The van der Waals surface area contributed by atoms with Gasteiger partial charge in [0.15, 0.2) is 0 Å². The number of carbonyl (C=O) groups excluding carboxylic acids is 1. The van der Waals surface area contributed by atoms with Crippen LogP contribution in [0.1, 0.15) is 55.6 Å². The van der Waals surface area contributed by atoms with E-state index >= 15 is 0 Å². The fourth-order valence-electron chi connectivity index (χ4n) is 3.38. The van der Waals surface area contributed by atoms with Crippen LogP contribution in [0.5, 0.6) is 0 Å². The maximum atomic E-state index is 12.7. The summed E-state index contributed by atoms with van der Waals surface area (Å²) in [5.74, 6) is -0.263. The third-order valence-electron chi connectivity index (χ3n) is 4.47. The Balaban J connectivity index is 2.08. The lowest BCUT2D eigenvalue weighted by atomic mass is 10.1. The fraction of sp³-hybridized carbons (Fsp3) is 0.444. The van der Waals surface area contributed by atoms with E-state index in [1.165, 1.54) is 5.56 Å². The van der Waals surface area contributed by atoms with Gasteiger partial charge < -0.3 is 9.88 Å². The summed E-state index contributed by atoms with van der Waals surface area (Å²) in [6.07, 6.45) is 4.56. The van der Waals surface area contributed by atoms with Crippen LogP contribution < -0.4 is 10.7 Å². The molecule has 1 aliphatic heterocycles. The first kappa shape index (κ1) is 14.8. The highest BCUT2D eigenvalue weighted by molar-refractivity contribution is 5.98. The maximum absolute atomic E-state index is 12.7. The molecule has 0 radical (unpaired) electrons. The molecular formula is C18H22N2O2. The van der Waals surface area contributed by atoms with E-state index in [4.69, 9.17) is 0 Å². The van der Waals surface area contributed by atoms with Crippen LogP contribution in [-0.2, 0) is 6.42 Å². The minimum Gasteiger partial charge on any atom is -0.349 e. The molecule has 1 amide bonds. The average molecular weight is 298 g/mol. The zero-order valence-electron chi connectivity index (χ0n) is 13.3. The number of pyridine rings is 1. The highest BCUT2D eigenvalue weighted by atomic mass is 16.2. The third-order valence-corrected chi connectivity index (χ3v) is 4.47.